The van der Waals surface area contributed by atoms with Gasteiger partial charge < -0.3 is 14.7 Å². The van der Waals surface area contributed by atoms with Gasteiger partial charge in [-0.25, -0.2) is 0 Å². The quantitative estimate of drug-likeness (QED) is 0.393. The smallest absolute Gasteiger partial charge is 0.433 e. The molecule has 39 heavy (non-hydrogen) atoms. The van der Waals surface area contributed by atoms with Crippen LogP contribution in [0.2, 0.25) is 10.0 Å². The van der Waals surface area contributed by atoms with Gasteiger partial charge in [-0.2, -0.15) is 18.3 Å². The lowest BCUT2D eigenvalue weighted by molar-refractivity contribution is -0.152. The average molecular weight is 591 g/mol. The number of halogens is 5. The van der Waals surface area contributed by atoms with Gasteiger partial charge in [0.05, 0.1) is 57.5 Å². The van der Waals surface area contributed by atoms with E-state index in [4.69, 9.17) is 27.9 Å². The second-order valence-corrected chi connectivity index (χ2v) is 11.2. The van der Waals surface area contributed by atoms with Crippen molar-refractivity contribution in [3.8, 4) is 0 Å². The van der Waals surface area contributed by atoms with Crippen molar-refractivity contribution in [1.29, 1.82) is 0 Å². The molecular formula is C25H27Cl2F3N4O5. The minimum atomic E-state index is -4.94. The number of rotatable bonds is 9. The maximum absolute atomic E-state index is 14.4. The highest BCUT2D eigenvalue weighted by Crippen LogP contribution is 2.44. The van der Waals surface area contributed by atoms with Crippen LogP contribution in [-0.2, 0) is 15.7 Å². The van der Waals surface area contributed by atoms with E-state index in [1.807, 2.05) is 0 Å². The molecule has 4 rings (SSSR count). The summed E-state index contributed by atoms with van der Waals surface area (Å²) in [6.07, 6.45) is 0.0704. The second-order valence-electron chi connectivity index (χ2n) is 10.4. The average Bonchev–Trinajstić information content (AvgIpc) is 3.49. The number of methoxy groups -OCH3 is 1. The molecule has 1 amide bonds. The van der Waals surface area contributed by atoms with Crippen molar-refractivity contribution in [3.63, 3.8) is 0 Å². The van der Waals surface area contributed by atoms with Crippen molar-refractivity contribution in [2.75, 3.05) is 20.2 Å². The Balaban J connectivity index is 1.67. The number of carbonyl (C=O) groups is 3. The molecule has 14 heteroatoms. The van der Waals surface area contributed by atoms with Crippen LogP contribution in [0.25, 0.3) is 0 Å². The van der Waals surface area contributed by atoms with Crippen LogP contribution in [0, 0.1) is 5.41 Å². The molecule has 9 nitrogen and oxygen atoms in total. The van der Waals surface area contributed by atoms with Gasteiger partial charge in [0.2, 0.25) is 0 Å². The van der Waals surface area contributed by atoms with E-state index in [0.29, 0.717) is 12.8 Å². The zero-order chi connectivity index (χ0) is 28.8. The number of carboxylic acid groups (broad SMARTS) is 1. The largest absolute Gasteiger partial charge is 0.481 e. The molecule has 0 atom stereocenters. The van der Waals surface area contributed by atoms with Crippen LogP contribution in [0.15, 0.2) is 18.6 Å². The maximum atomic E-state index is 14.4. The molecule has 2 fully saturated rings. The van der Waals surface area contributed by atoms with Gasteiger partial charge in [0.15, 0.2) is 11.5 Å². The lowest BCUT2D eigenvalue weighted by Gasteiger charge is -2.34. The number of ether oxygens (including phenoxy) is 1. The van der Waals surface area contributed by atoms with Crippen molar-refractivity contribution in [2.45, 2.75) is 63.3 Å². The topological polar surface area (TPSA) is 115 Å². The summed E-state index contributed by atoms with van der Waals surface area (Å²) < 4.78 is 49.4. The summed E-state index contributed by atoms with van der Waals surface area (Å²) >= 11 is 12.2. The molecule has 2 saturated carbocycles. The molecule has 0 saturated heterocycles. The highest BCUT2D eigenvalue weighted by molar-refractivity contribution is 6.39. The number of carboxylic acids is 1. The Labute approximate surface area is 232 Å². The summed E-state index contributed by atoms with van der Waals surface area (Å²) in [5.41, 5.74) is -3.85. The number of aromatic nitrogens is 3. The number of Topliss-reactive ketones (excluding diaryl/α,β-unsaturated/α-hetero) is 1. The van der Waals surface area contributed by atoms with E-state index in [1.165, 1.54) is 19.5 Å². The Morgan fingerprint density at radius 1 is 1.13 bits per heavy atom. The molecule has 1 N–H and O–H groups in total. The number of amides is 1. The number of nitrogens with zero attached hydrogens (tertiary/aromatic N) is 4. The molecular weight excluding hydrogens is 564 g/mol. The Hall–Kier alpha value is -2.70. The first-order valence-corrected chi connectivity index (χ1v) is 13.0. The third-order valence-electron chi connectivity index (χ3n) is 7.69. The molecule has 0 bridgehead atoms. The molecule has 0 aromatic carbocycles. The van der Waals surface area contributed by atoms with Crippen molar-refractivity contribution >= 4 is 40.9 Å². The normalized spacial score (nSPS) is 22.4. The fourth-order valence-electron chi connectivity index (χ4n) is 4.99. The van der Waals surface area contributed by atoms with E-state index in [9.17, 15) is 32.7 Å². The van der Waals surface area contributed by atoms with Gasteiger partial charge in [-0.05, 0) is 45.4 Å². The molecule has 0 radical (unpaired) electrons. The predicted molar refractivity (Wildman–Crippen MR) is 134 cm³/mol. The summed E-state index contributed by atoms with van der Waals surface area (Å²) in [4.78, 5) is 43.2. The summed E-state index contributed by atoms with van der Waals surface area (Å²) in [6, 6.07) is -0.742. The van der Waals surface area contributed by atoms with Crippen molar-refractivity contribution < 1.29 is 37.4 Å². The number of ketones is 1. The van der Waals surface area contributed by atoms with Gasteiger partial charge in [0.1, 0.15) is 0 Å². The Kier molecular flexibility index (Phi) is 8.04. The fraction of sp³-hybridized carbons (Fsp3) is 0.560. The maximum Gasteiger partial charge on any atom is 0.433 e. The first kappa shape index (κ1) is 29.3. The number of hydrogen-bond acceptors (Lipinski definition) is 6. The number of pyridine rings is 1. The number of carbonyl (C=O) groups excluding carboxylic acids is 2. The minimum Gasteiger partial charge on any atom is -0.481 e. The third kappa shape index (κ3) is 5.92. The second kappa shape index (κ2) is 10.7. The molecule has 2 aliphatic rings. The van der Waals surface area contributed by atoms with Gasteiger partial charge in [-0.15, -0.1) is 0 Å². The highest BCUT2D eigenvalue weighted by atomic mass is 35.5. The van der Waals surface area contributed by atoms with Gasteiger partial charge >= 0.3 is 12.1 Å². The Bertz CT molecular complexity index is 1270. The lowest BCUT2D eigenvalue weighted by Crippen LogP contribution is -2.43. The van der Waals surface area contributed by atoms with E-state index in [-0.39, 0.29) is 47.8 Å². The molecule has 0 aliphatic heterocycles. The third-order valence-corrected chi connectivity index (χ3v) is 8.26. The standard InChI is InChI=1S/C25H27Cl2F3N4O5/c1-23(22(37)38)5-3-14(4-6-23)34-20(25(28,29)30)15(9-32-34)21(36)33(13-24(39-2)7-8-24)12-18(35)19-16(26)10-31-11-17(19)27/h9-11,14H,3-8,12-13H2,1-2H3,(H,37,38)/t14-,23-. The summed E-state index contributed by atoms with van der Waals surface area (Å²) in [5.74, 6) is -2.72. The molecule has 2 aliphatic carbocycles. The van der Waals surface area contributed by atoms with Crippen molar-refractivity contribution in [1.82, 2.24) is 19.7 Å². The molecule has 0 spiro atoms. The predicted octanol–water partition coefficient (Wildman–Crippen LogP) is 5.31. The Morgan fingerprint density at radius 3 is 2.21 bits per heavy atom. The number of hydrogen-bond donors (Lipinski definition) is 1. The van der Waals surface area contributed by atoms with Crippen LogP contribution in [0.1, 0.15) is 77.9 Å². The lowest BCUT2D eigenvalue weighted by atomic mass is 9.74. The van der Waals surface area contributed by atoms with Crippen LogP contribution in [0.4, 0.5) is 13.2 Å². The van der Waals surface area contributed by atoms with Gasteiger partial charge in [0.25, 0.3) is 5.91 Å². The first-order chi connectivity index (χ1) is 18.2. The number of alkyl halides is 3. The highest BCUT2D eigenvalue weighted by Gasteiger charge is 2.48. The first-order valence-electron chi connectivity index (χ1n) is 12.3. The van der Waals surface area contributed by atoms with Crippen molar-refractivity contribution in [3.05, 3.63) is 45.5 Å². The van der Waals surface area contributed by atoms with E-state index in [1.54, 1.807) is 6.92 Å². The SMILES string of the molecule is COC1(CN(CC(=O)c2c(Cl)cncc2Cl)C(=O)c2cnn([C@H]3CC[C@](C)(C(=O)O)CC3)c2C(F)(F)F)CC1. The van der Waals surface area contributed by atoms with E-state index in [0.717, 1.165) is 15.8 Å². The summed E-state index contributed by atoms with van der Waals surface area (Å²) in [5, 5.41) is 13.3. The zero-order valence-corrected chi connectivity index (χ0v) is 22.7. The van der Waals surface area contributed by atoms with E-state index >= 15 is 0 Å². The minimum absolute atomic E-state index is 0.0535. The molecule has 2 aromatic rings. The molecule has 212 valence electrons. The number of aliphatic carboxylic acids is 1. The van der Waals surface area contributed by atoms with Crippen LogP contribution in [-0.4, -0.2) is 68.2 Å². The van der Waals surface area contributed by atoms with Crippen LogP contribution < -0.4 is 0 Å². The van der Waals surface area contributed by atoms with Crippen molar-refractivity contribution in [2.24, 2.45) is 5.41 Å². The molecule has 0 unspecified atom stereocenters. The van der Waals surface area contributed by atoms with E-state index < -0.39 is 58.7 Å². The van der Waals surface area contributed by atoms with Crippen LogP contribution in [0.5, 0.6) is 0 Å². The van der Waals surface area contributed by atoms with Gasteiger partial charge in [-0.3, -0.25) is 24.0 Å². The Morgan fingerprint density at radius 2 is 1.72 bits per heavy atom. The molecule has 2 aromatic heterocycles. The summed E-state index contributed by atoms with van der Waals surface area (Å²) in [7, 11) is 1.43. The summed E-state index contributed by atoms with van der Waals surface area (Å²) in [6.45, 7) is 0.835. The molecule has 2 heterocycles. The fourth-order valence-corrected chi connectivity index (χ4v) is 5.57. The van der Waals surface area contributed by atoms with Gasteiger partial charge in [0, 0.05) is 19.5 Å². The van der Waals surface area contributed by atoms with Gasteiger partial charge in [-0.1, -0.05) is 23.2 Å². The van der Waals surface area contributed by atoms with E-state index in [2.05, 4.69) is 10.1 Å². The zero-order valence-electron chi connectivity index (χ0n) is 21.2. The monoisotopic (exact) mass is 590 g/mol. The van der Waals surface area contributed by atoms with Crippen LogP contribution >= 0.6 is 23.2 Å². The van der Waals surface area contributed by atoms with Crippen LogP contribution in [0.3, 0.4) is 0 Å².